The van der Waals surface area contributed by atoms with Gasteiger partial charge in [-0.15, -0.1) is 0 Å². The van der Waals surface area contributed by atoms with Crippen molar-refractivity contribution < 1.29 is 106 Å². The Labute approximate surface area is 637 Å². The second-order valence-corrected chi connectivity index (χ2v) is 32.7. The van der Waals surface area contributed by atoms with E-state index in [0.29, 0.717) is 94.7 Å². The number of Topliss-reactive ketones (excluding diaryl/α,β-unsaturated/α-hetero) is 4. The number of aliphatic hydroxyl groups is 3. The molecule has 0 aromatic carbocycles. The molecule has 3 N–H and O–H groups in total. The van der Waals surface area contributed by atoms with Gasteiger partial charge in [-0.1, -0.05) is 78.0 Å². The minimum Gasteiger partial charge on any atom is -0.504 e. The molecule has 0 aromatic rings. The average Bonchev–Trinajstić information content (AvgIpc) is 1.15. The molecule has 0 radical (unpaired) electrons. The number of allylic oxidation sites excluding steroid dienone is 7. The van der Waals surface area contributed by atoms with Crippen molar-refractivity contribution in [2.24, 2.45) is 52.3 Å². The predicted molar refractivity (Wildman–Crippen MR) is 398 cm³/mol. The van der Waals surface area contributed by atoms with E-state index in [-0.39, 0.29) is 91.8 Å². The number of nitrogens with zero attached hydrogens (tertiary/aromatic N) is 3. The van der Waals surface area contributed by atoms with Crippen LogP contribution in [0.1, 0.15) is 191 Å². The molecule has 4 aliphatic heterocycles. The summed E-state index contributed by atoms with van der Waals surface area (Å²) in [6, 6.07) is -1.23. The largest absolute Gasteiger partial charge is 0.504 e. The number of methoxy groups -OCH3 is 3. The number of fused-ring (bicyclic) bond motifs is 7. The molecule has 0 spiro atoms. The molecular weight excluding hydrogens is 1390 g/mol. The number of cyclic esters (lactones) is 2. The van der Waals surface area contributed by atoms with Gasteiger partial charge in [0.1, 0.15) is 54.6 Å². The molecule has 2 unspecified atom stereocenters. The fraction of sp³-hybridized carbons (Fsp3) is 0.711. The summed E-state index contributed by atoms with van der Waals surface area (Å²) in [7, 11) is 10.1. The first-order valence-corrected chi connectivity index (χ1v) is 39.0. The molecule has 2 saturated carbocycles. The molecule has 0 aromatic heterocycles. The molecule has 8 rings (SSSR count). The van der Waals surface area contributed by atoms with Gasteiger partial charge in [-0.25, -0.2) is 9.59 Å². The highest BCUT2D eigenvalue weighted by atomic mass is 16.6. The number of esters is 5. The number of ether oxygens (including phenoxy) is 9. The van der Waals surface area contributed by atoms with Crippen LogP contribution in [0, 0.1) is 52.3 Å². The second kappa shape index (κ2) is 37.8. The SMILES string of the molecule is COC[C@H]1OC(=O)/C(=C\N(C)CCCN(C)C)C2=C(O)C(=O)C3=C([C@H](OC(C)=O)C[C@@]4(C)C3CC[C@@H]4OC(=O)CCC(=O)OC3CCC(C[C@@H](C)[C@@H]4CC(=O)[C@H](C)/C=C(\C)[C@@H](O)[C@@H](OC)C(=O)[C@H](C)C[C@H](C)/C=C/C=C/C=C(\C)[C@@H](OC)C[C@@H]5CC[C@@H](C)[C@@](O)(O5)C(=O)C(=O)N5CCCCC5C(=O)O4)CC3)[C@]21C. The maximum atomic E-state index is 14.9. The lowest BCUT2D eigenvalue weighted by Gasteiger charge is -2.54. The molecule has 4 heterocycles. The van der Waals surface area contributed by atoms with Gasteiger partial charge in [-0.05, 0) is 178 Å². The smallest absolute Gasteiger partial charge is 0.340 e. The number of amides is 1. The minimum absolute atomic E-state index is 0.00562. The van der Waals surface area contributed by atoms with Gasteiger partial charge >= 0.3 is 29.8 Å². The summed E-state index contributed by atoms with van der Waals surface area (Å²) in [6.45, 7) is 18.6. The van der Waals surface area contributed by atoms with Gasteiger partial charge in [0, 0.05) is 102 Å². The van der Waals surface area contributed by atoms with Crippen molar-refractivity contribution in [2.75, 3.05) is 68.7 Å². The van der Waals surface area contributed by atoms with E-state index < -0.39 is 160 Å². The van der Waals surface area contributed by atoms with Gasteiger partial charge in [-0.2, -0.15) is 0 Å². The van der Waals surface area contributed by atoms with Crippen molar-refractivity contribution in [1.29, 1.82) is 0 Å². The topological polar surface area (TPSA) is 324 Å². The number of piperidine rings is 1. The molecule has 18 atom stereocenters. The Morgan fingerprint density at radius 3 is 2.15 bits per heavy atom. The van der Waals surface area contributed by atoms with Crippen LogP contribution in [0.2, 0.25) is 0 Å². The molecule has 1 amide bonds. The zero-order valence-corrected chi connectivity index (χ0v) is 66.6. The van der Waals surface area contributed by atoms with Gasteiger partial charge < -0.3 is 72.7 Å². The van der Waals surface area contributed by atoms with Crippen LogP contribution < -0.4 is 0 Å². The van der Waals surface area contributed by atoms with E-state index in [1.54, 1.807) is 66.0 Å². The zero-order chi connectivity index (χ0) is 79.4. The van der Waals surface area contributed by atoms with Crippen molar-refractivity contribution in [3.8, 4) is 0 Å². The first kappa shape index (κ1) is 86.6. The summed E-state index contributed by atoms with van der Waals surface area (Å²) in [5.74, 6) is -13.4. The molecule has 5 fully saturated rings. The van der Waals surface area contributed by atoms with Gasteiger partial charge in [0.05, 0.1) is 42.6 Å². The van der Waals surface area contributed by atoms with Crippen LogP contribution in [-0.2, 0) is 90.6 Å². The van der Waals surface area contributed by atoms with Gasteiger partial charge in [0.15, 0.2) is 11.5 Å². The van der Waals surface area contributed by atoms with Crippen LogP contribution in [0.15, 0.2) is 81.9 Å². The molecule has 108 heavy (non-hydrogen) atoms. The highest BCUT2D eigenvalue weighted by Gasteiger charge is 2.65. The van der Waals surface area contributed by atoms with E-state index in [1.807, 2.05) is 77.1 Å². The monoisotopic (exact) mass is 1510 g/mol. The Morgan fingerprint density at radius 1 is 0.796 bits per heavy atom. The number of hydrogen-bond donors (Lipinski definition) is 3. The number of ketones is 4. The lowest BCUT2D eigenvalue weighted by molar-refractivity contribution is -0.265. The predicted octanol–water partition coefficient (Wildman–Crippen LogP) is 9.59. The number of rotatable bonds is 18. The van der Waals surface area contributed by atoms with Crippen molar-refractivity contribution in [3.05, 3.63) is 81.9 Å². The minimum atomic E-state index is -2.50. The Bertz CT molecular complexity index is 3540. The van der Waals surface area contributed by atoms with Crippen LogP contribution in [-0.4, -0.2) is 224 Å². The molecule has 600 valence electrons. The average molecular weight is 1510 g/mol. The van der Waals surface area contributed by atoms with Gasteiger partial charge in [0.2, 0.25) is 11.6 Å². The lowest BCUT2D eigenvalue weighted by atomic mass is 9.53. The van der Waals surface area contributed by atoms with Crippen LogP contribution in [0.4, 0.5) is 0 Å². The molecule has 25 nitrogen and oxygen atoms in total. The Morgan fingerprint density at radius 2 is 1.49 bits per heavy atom. The van der Waals surface area contributed by atoms with Gasteiger partial charge in [0.25, 0.3) is 11.7 Å². The van der Waals surface area contributed by atoms with E-state index >= 15 is 0 Å². The second-order valence-electron chi connectivity index (χ2n) is 32.7. The normalized spacial score (nSPS) is 36.8. The van der Waals surface area contributed by atoms with Crippen molar-refractivity contribution in [2.45, 2.75) is 258 Å². The van der Waals surface area contributed by atoms with Crippen molar-refractivity contribution >= 4 is 58.9 Å². The molecular formula is C83H121N3O22. The number of carbonyl (C=O) groups is 10. The van der Waals surface area contributed by atoms with E-state index in [9.17, 15) is 63.3 Å². The van der Waals surface area contributed by atoms with Crippen LogP contribution in [0.3, 0.4) is 0 Å². The van der Waals surface area contributed by atoms with E-state index in [0.717, 1.165) is 23.4 Å². The van der Waals surface area contributed by atoms with Gasteiger partial charge in [-0.3, -0.25) is 38.4 Å². The summed E-state index contributed by atoms with van der Waals surface area (Å²) in [4.78, 5) is 147. The Hall–Kier alpha value is -7.00. The number of hydrogen-bond acceptors (Lipinski definition) is 24. The lowest BCUT2D eigenvalue weighted by Crippen LogP contribution is -2.61. The molecule has 4 aliphatic carbocycles. The summed E-state index contributed by atoms with van der Waals surface area (Å²) in [6.07, 6.45) is 10.4. The zero-order valence-electron chi connectivity index (χ0n) is 66.6. The molecule has 8 aliphatic rings. The fourth-order valence-corrected chi connectivity index (χ4v) is 18.0. The third-order valence-corrected chi connectivity index (χ3v) is 24.3. The summed E-state index contributed by atoms with van der Waals surface area (Å²) in [5.41, 5.74) is -0.566. The van der Waals surface area contributed by atoms with E-state index in [2.05, 4.69) is 0 Å². The standard InChI is InChI=1S/C83H121N3O22/c1-47-23-18-17-19-24-48(2)62(101-15)42-57-29-26-53(7)83(99,108-57)77(95)78(96)86-38-21-20-25-60(86)80(98)105-63(43-61(88)49(3)40-52(6)73(92)76(102-16)72(91)51(5)39-47)50(4)41-55-27-30-56(31-28-55)104-67(89)34-35-68(90)106-65-33-32-59-69-71(64(103-54(8)87)44-81(59,65)9)82(10)66(46-100-14)107-79(97)58(70(82)75(94)74(69)93)45-85(13)37-22-36-84(11)12/h17-19,23-24,40,45,47,49-51,53,55-57,59-60,62-66,73,76,92,94,99H,20-22,25-39,41-44,46H2,1-16H3/b19-17+,23-18+,48-24+,52-40+,58-45-/t47-,49-,50-,51-,53-,55?,56?,57+,59?,60?,62+,63+,64-,65+,66-,73-,76+,81+,82+,83-/m1/s1. The highest BCUT2D eigenvalue weighted by molar-refractivity contribution is 6.39. The maximum absolute atomic E-state index is 14.9. The Balaban J connectivity index is 0.938. The van der Waals surface area contributed by atoms with Crippen molar-refractivity contribution in [3.63, 3.8) is 0 Å². The summed E-state index contributed by atoms with van der Waals surface area (Å²) < 4.78 is 54.2. The first-order chi connectivity index (χ1) is 51.0. The maximum Gasteiger partial charge on any atom is 0.340 e. The van der Waals surface area contributed by atoms with Crippen molar-refractivity contribution in [1.82, 2.24) is 14.7 Å². The van der Waals surface area contributed by atoms with Crippen LogP contribution >= 0.6 is 0 Å². The first-order valence-electron chi connectivity index (χ1n) is 39.0. The van der Waals surface area contributed by atoms with Crippen LogP contribution in [0.5, 0.6) is 0 Å². The quantitative estimate of drug-likeness (QED) is 0.0378. The third-order valence-electron chi connectivity index (χ3n) is 24.3. The number of carbonyl (C=O) groups excluding carboxylic acids is 10. The summed E-state index contributed by atoms with van der Waals surface area (Å²) in [5, 5.41) is 36.0. The van der Waals surface area contributed by atoms with E-state index in [4.69, 9.17) is 42.6 Å². The fourth-order valence-electron chi connectivity index (χ4n) is 18.0. The molecule has 25 heteroatoms. The summed E-state index contributed by atoms with van der Waals surface area (Å²) >= 11 is 0. The van der Waals surface area contributed by atoms with Crippen LogP contribution in [0.25, 0.3) is 0 Å². The highest BCUT2D eigenvalue weighted by Crippen LogP contribution is 2.64. The Kier molecular flexibility index (Phi) is 30.3. The number of aliphatic hydroxyl groups excluding tert-OH is 2. The molecule has 2 bridgehead atoms. The molecule has 3 saturated heterocycles. The van der Waals surface area contributed by atoms with E-state index in [1.165, 1.54) is 21.1 Å². The third kappa shape index (κ3) is 20.0.